The fraction of sp³-hybridized carbons (Fsp3) is 0.429. The van der Waals surface area contributed by atoms with Crippen LogP contribution in [0.3, 0.4) is 0 Å². The fourth-order valence-electron chi connectivity index (χ4n) is 0.902. The van der Waals surface area contributed by atoms with Crippen molar-refractivity contribution in [1.82, 2.24) is 0 Å². The van der Waals surface area contributed by atoms with Gasteiger partial charge >= 0.3 is 6.18 Å². The Hall–Kier alpha value is -0.550. The minimum Gasteiger partial charge on any atom is -0.396 e. The zero-order valence-electron chi connectivity index (χ0n) is 6.06. The third kappa shape index (κ3) is 1.98. The SMILES string of the molecule is OCCc1ccsc1C(F)(F)F. The van der Waals surface area contributed by atoms with E-state index in [4.69, 9.17) is 5.11 Å². The van der Waals surface area contributed by atoms with E-state index in [1.165, 1.54) is 11.4 Å². The second-order valence-corrected chi connectivity index (χ2v) is 3.16. The Morgan fingerprint density at radius 2 is 2.08 bits per heavy atom. The van der Waals surface area contributed by atoms with Crippen molar-refractivity contribution >= 4 is 11.3 Å². The summed E-state index contributed by atoms with van der Waals surface area (Å²) in [6.07, 6.45) is -4.21. The molecule has 0 aromatic carbocycles. The lowest BCUT2D eigenvalue weighted by Gasteiger charge is -2.05. The summed E-state index contributed by atoms with van der Waals surface area (Å²) < 4.78 is 36.4. The topological polar surface area (TPSA) is 20.2 Å². The van der Waals surface area contributed by atoms with Gasteiger partial charge in [-0.05, 0) is 23.4 Å². The third-order valence-electron chi connectivity index (χ3n) is 1.39. The summed E-state index contributed by atoms with van der Waals surface area (Å²) in [6.45, 7) is -0.250. The molecular weight excluding hydrogens is 189 g/mol. The Labute approximate surface area is 71.5 Å². The lowest BCUT2D eigenvalue weighted by atomic mass is 10.2. The van der Waals surface area contributed by atoms with Gasteiger partial charge < -0.3 is 5.11 Å². The van der Waals surface area contributed by atoms with Gasteiger partial charge in [-0.25, -0.2) is 0 Å². The Balaban J connectivity index is 2.91. The second kappa shape index (κ2) is 3.45. The van der Waals surface area contributed by atoms with Gasteiger partial charge in [0, 0.05) is 6.61 Å². The van der Waals surface area contributed by atoms with Crippen LogP contribution in [-0.4, -0.2) is 11.7 Å². The Morgan fingerprint density at radius 3 is 2.58 bits per heavy atom. The Morgan fingerprint density at radius 1 is 1.42 bits per heavy atom. The highest BCUT2D eigenvalue weighted by atomic mass is 32.1. The lowest BCUT2D eigenvalue weighted by molar-refractivity contribution is -0.134. The van der Waals surface area contributed by atoms with Crippen LogP contribution in [-0.2, 0) is 12.6 Å². The molecule has 5 heteroatoms. The molecule has 0 saturated heterocycles. The fourth-order valence-corrected chi connectivity index (χ4v) is 1.73. The summed E-state index contributed by atoms with van der Waals surface area (Å²) in [4.78, 5) is -0.600. The number of aliphatic hydroxyl groups is 1. The van der Waals surface area contributed by atoms with Crippen molar-refractivity contribution in [2.75, 3.05) is 6.61 Å². The smallest absolute Gasteiger partial charge is 0.396 e. The van der Waals surface area contributed by atoms with Crippen LogP contribution in [0.4, 0.5) is 13.2 Å². The number of aliphatic hydroxyl groups excluding tert-OH is 1. The molecule has 0 fully saturated rings. The van der Waals surface area contributed by atoms with Crippen molar-refractivity contribution in [2.45, 2.75) is 12.6 Å². The average Bonchev–Trinajstić information content (AvgIpc) is 2.34. The molecule has 1 aromatic heterocycles. The van der Waals surface area contributed by atoms with Crippen LogP contribution in [0, 0.1) is 0 Å². The first kappa shape index (κ1) is 9.54. The van der Waals surface area contributed by atoms with Crippen LogP contribution in [0.25, 0.3) is 0 Å². The molecule has 0 spiro atoms. The van der Waals surface area contributed by atoms with E-state index >= 15 is 0 Å². The molecule has 1 heterocycles. The summed E-state index contributed by atoms with van der Waals surface area (Å²) in [5, 5.41) is 9.85. The molecule has 0 unspecified atom stereocenters. The maximum absolute atomic E-state index is 12.1. The number of hydrogen-bond acceptors (Lipinski definition) is 2. The molecule has 1 N–H and O–H groups in total. The molecule has 0 amide bonds. The summed E-state index contributed by atoms with van der Waals surface area (Å²) in [5.74, 6) is 0. The minimum atomic E-state index is -4.28. The molecule has 12 heavy (non-hydrogen) atoms. The minimum absolute atomic E-state index is 0.0678. The van der Waals surface area contributed by atoms with Crippen LogP contribution in [0.15, 0.2) is 11.4 Å². The monoisotopic (exact) mass is 196 g/mol. The van der Waals surface area contributed by atoms with Crippen molar-refractivity contribution in [3.63, 3.8) is 0 Å². The molecule has 0 aliphatic heterocycles. The normalized spacial score (nSPS) is 12.0. The van der Waals surface area contributed by atoms with E-state index in [9.17, 15) is 13.2 Å². The summed E-state index contributed by atoms with van der Waals surface area (Å²) in [6, 6.07) is 1.39. The van der Waals surface area contributed by atoms with Gasteiger partial charge in [-0.3, -0.25) is 0 Å². The summed E-state index contributed by atoms with van der Waals surface area (Å²) >= 11 is 0.660. The number of thiophene rings is 1. The largest absolute Gasteiger partial charge is 0.425 e. The molecule has 0 aliphatic rings. The van der Waals surface area contributed by atoms with E-state index in [-0.39, 0.29) is 18.6 Å². The molecule has 68 valence electrons. The van der Waals surface area contributed by atoms with Crippen LogP contribution in [0.5, 0.6) is 0 Å². The quantitative estimate of drug-likeness (QED) is 0.769. The number of hydrogen-bond donors (Lipinski definition) is 1. The van der Waals surface area contributed by atoms with Gasteiger partial charge in [-0.15, -0.1) is 11.3 Å². The van der Waals surface area contributed by atoms with E-state index in [1.54, 1.807) is 0 Å². The number of rotatable bonds is 2. The van der Waals surface area contributed by atoms with Gasteiger partial charge in [0.2, 0.25) is 0 Å². The van der Waals surface area contributed by atoms with Crippen LogP contribution in [0.2, 0.25) is 0 Å². The molecule has 0 atom stereocenters. The van der Waals surface area contributed by atoms with Crippen molar-refractivity contribution < 1.29 is 18.3 Å². The van der Waals surface area contributed by atoms with Gasteiger partial charge in [0.25, 0.3) is 0 Å². The van der Waals surface area contributed by atoms with Crippen LogP contribution >= 0.6 is 11.3 Å². The molecule has 0 saturated carbocycles. The molecule has 1 nitrogen and oxygen atoms in total. The van der Waals surface area contributed by atoms with Crippen molar-refractivity contribution in [3.05, 3.63) is 21.9 Å². The average molecular weight is 196 g/mol. The van der Waals surface area contributed by atoms with Crippen molar-refractivity contribution in [2.24, 2.45) is 0 Å². The first-order valence-corrected chi connectivity index (χ1v) is 4.18. The van der Waals surface area contributed by atoms with Gasteiger partial charge in [0.1, 0.15) is 4.88 Å². The summed E-state index contributed by atoms with van der Waals surface area (Å²) in [5.41, 5.74) is 0.176. The third-order valence-corrected chi connectivity index (χ3v) is 2.39. The molecule has 1 rings (SSSR count). The zero-order valence-corrected chi connectivity index (χ0v) is 6.87. The maximum atomic E-state index is 12.1. The first-order valence-electron chi connectivity index (χ1n) is 3.30. The van der Waals surface area contributed by atoms with Crippen LogP contribution in [0.1, 0.15) is 10.4 Å². The Bertz CT molecular complexity index is 253. The highest BCUT2D eigenvalue weighted by molar-refractivity contribution is 7.10. The van der Waals surface area contributed by atoms with Gasteiger partial charge in [-0.1, -0.05) is 0 Å². The van der Waals surface area contributed by atoms with Crippen LogP contribution < -0.4 is 0 Å². The zero-order chi connectivity index (χ0) is 9.19. The van der Waals surface area contributed by atoms with E-state index in [1.807, 2.05) is 0 Å². The molecule has 0 radical (unpaired) electrons. The highest BCUT2D eigenvalue weighted by Gasteiger charge is 2.34. The number of alkyl halides is 3. The first-order chi connectivity index (χ1) is 5.55. The standard InChI is InChI=1S/C7H7F3OS/c8-7(9,10)6-5(1-3-11)2-4-12-6/h2,4,11H,1,3H2. The van der Waals surface area contributed by atoms with E-state index < -0.39 is 11.1 Å². The second-order valence-electron chi connectivity index (χ2n) is 2.25. The molecule has 0 aliphatic carbocycles. The highest BCUT2D eigenvalue weighted by Crippen LogP contribution is 2.35. The lowest BCUT2D eigenvalue weighted by Crippen LogP contribution is -2.06. The summed E-state index contributed by atoms with van der Waals surface area (Å²) in [7, 11) is 0. The van der Waals surface area contributed by atoms with E-state index in [0.29, 0.717) is 11.3 Å². The van der Waals surface area contributed by atoms with E-state index in [0.717, 1.165) is 0 Å². The maximum Gasteiger partial charge on any atom is 0.425 e. The predicted octanol–water partition coefficient (Wildman–Crippen LogP) is 2.30. The molecular formula is C7H7F3OS. The number of halogens is 3. The van der Waals surface area contributed by atoms with Gasteiger partial charge in [0.15, 0.2) is 0 Å². The predicted molar refractivity (Wildman–Crippen MR) is 40.1 cm³/mol. The van der Waals surface area contributed by atoms with Gasteiger partial charge in [0.05, 0.1) is 0 Å². The molecule has 1 aromatic rings. The van der Waals surface area contributed by atoms with Gasteiger partial charge in [-0.2, -0.15) is 13.2 Å². The molecule has 0 bridgehead atoms. The van der Waals surface area contributed by atoms with Crippen molar-refractivity contribution in [1.29, 1.82) is 0 Å². The Kier molecular flexibility index (Phi) is 2.74. The van der Waals surface area contributed by atoms with E-state index in [2.05, 4.69) is 0 Å². The van der Waals surface area contributed by atoms with Crippen molar-refractivity contribution in [3.8, 4) is 0 Å².